The number of thiophene rings is 1. The molecule has 6 nitrogen and oxygen atoms in total. The van der Waals surface area contributed by atoms with Crippen LogP contribution < -0.4 is 9.47 Å². The van der Waals surface area contributed by atoms with Crippen molar-refractivity contribution in [3.63, 3.8) is 0 Å². The van der Waals surface area contributed by atoms with E-state index in [1.807, 2.05) is 0 Å². The fraction of sp³-hybridized carbons (Fsp3) is 0.524. The second-order valence-corrected chi connectivity index (χ2v) is 10.6. The van der Waals surface area contributed by atoms with E-state index in [1.165, 1.54) is 42.3 Å². The van der Waals surface area contributed by atoms with Gasteiger partial charge in [0.1, 0.15) is 0 Å². The van der Waals surface area contributed by atoms with Gasteiger partial charge in [0.05, 0.1) is 31.3 Å². The number of methoxy groups -OCH3 is 2. The van der Waals surface area contributed by atoms with E-state index in [4.69, 9.17) is 14.2 Å². The monoisotopic (exact) mass is 437 g/mol. The van der Waals surface area contributed by atoms with Crippen molar-refractivity contribution in [2.24, 2.45) is 0 Å². The standard InChI is InChI=1S/C21H27NO5S2/c1-22(29(23,24)14-8-9-18(25-2)19(12-14)26-3)13-20-16-10-11-28-21(16)15-6-4-5-7-17(15)27-20/h8-12,15,17,20H,4-7,13H2,1-3H3/t15-,17+,20+/m0/s1. The average Bonchev–Trinajstić information content (AvgIpc) is 3.23. The first-order valence-corrected chi connectivity index (χ1v) is 12.2. The van der Waals surface area contributed by atoms with Crippen molar-refractivity contribution in [3.8, 4) is 11.5 Å². The molecule has 4 rings (SSSR count). The molecule has 0 radical (unpaired) electrons. The lowest BCUT2D eigenvalue weighted by Crippen LogP contribution is -2.38. The molecule has 2 aromatic rings. The Bertz CT molecular complexity index is 971. The van der Waals surface area contributed by atoms with Gasteiger partial charge in [-0.1, -0.05) is 12.8 Å². The molecule has 29 heavy (non-hydrogen) atoms. The Morgan fingerprint density at radius 3 is 2.66 bits per heavy atom. The molecule has 1 saturated carbocycles. The lowest BCUT2D eigenvalue weighted by molar-refractivity contribution is -0.0600. The molecule has 0 bridgehead atoms. The summed E-state index contributed by atoms with van der Waals surface area (Å²) in [6, 6.07) is 6.74. The van der Waals surface area contributed by atoms with Crippen LogP contribution in [-0.2, 0) is 14.8 Å². The lowest BCUT2D eigenvalue weighted by atomic mass is 9.81. The van der Waals surface area contributed by atoms with Gasteiger partial charge in [-0.15, -0.1) is 11.3 Å². The van der Waals surface area contributed by atoms with E-state index >= 15 is 0 Å². The summed E-state index contributed by atoms with van der Waals surface area (Å²) in [5, 5.41) is 2.10. The van der Waals surface area contributed by atoms with E-state index in [1.54, 1.807) is 30.5 Å². The summed E-state index contributed by atoms with van der Waals surface area (Å²) >= 11 is 1.78. The Morgan fingerprint density at radius 1 is 1.14 bits per heavy atom. The summed E-state index contributed by atoms with van der Waals surface area (Å²) in [7, 11) is 0.932. The predicted octanol–water partition coefficient (Wildman–Crippen LogP) is 4.18. The summed E-state index contributed by atoms with van der Waals surface area (Å²) in [4.78, 5) is 1.55. The highest BCUT2D eigenvalue weighted by atomic mass is 32.2. The van der Waals surface area contributed by atoms with Gasteiger partial charge in [0.15, 0.2) is 11.5 Å². The van der Waals surface area contributed by atoms with Crippen LogP contribution in [0.15, 0.2) is 34.5 Å². The Labute approximate surface area is 176 Å². The van der Waals surface area contributed by atoms with E-state index in [0.717, 1.165) is 18.4 Å². The van der Waals surface area contributed by atoms with Gasteiger partial charge in [-0.2, -0.15) is 4.31 Å². The van der Waals surface area contributed by atoms with E-state index in [2.05, 4.69) is 11.4 Å². The minimum atomic E-state index is -3.69. The van der Waals surface area contributed by atoms with E-state index in [0.29, 0.717) is 17.4 Å². The van der Waals surface area contributed by atoms with Crippen molar-refractivity contribution in [2.45, 2.75) is 48.7 Å². The topological polar surface area (TPSA) is 65.1 Å². The van der Waals surface area contributed by atoms with Gasteiger partial charge in [-0.25, -0.2) is 8.42 Å². The van der Waals surface area contributed by atoms with E-state index in [-0.39, 0.29) is 23.6 Å². The zero-order valence-corrected chi connectivity index (χ0v) is 18.6. The molecule has 1 aliphatic carbocycles. The van der Waals surface area contributed by atoms with Crippen molar-refractivity contribution in [1.82, 2.24) is 4.31 Å². The third kappa shape index (κ3) is 3.79. The number of fused-ring (bicyclic) bond motifs is 3. The summed E-state index contributed by atoms with van der Waals surface area (Å²) in [5.74, 6) is 1.35. The summed E-state index contributed by atoms with van der Waals surface area (Å²) < 4.78 is 44.6. The highest BCUT2D eigenvalue weighted by Crippen LogP contribution is 2.47. The second-order valence-electron chi connectivity index (χ2n) is 7.60. The number of hydrogen-bond acceptors (Lipinski definition) is 6. The first-order valence-electron chi connectivity index (χ1n) is 9.86. The normalized spacial score (nSPS) is 24.1. The SMILES string of the molecule is COc1ccc(S(=O)(=O)N(C)C[C@H]2O[C@@H]3CCCC[C@@H]3c3sccc32)cc1OC. The zero-order chi connectivity index (χ0) is 20.6. The van der Waals surface area contributed by atoms with Gasteiger partial charge in [0.25, 0.3) is 0 Å². The third-order valence-electron chi connectivity index (χ3n) is 5.94. The number of ether oxygens (including phenoxy) is 3. The predicted molar refractivity (Wildman–Crippen MR) is 113 cm³/mol. The highest BCUT2D eigenvalue weighted by Gasteiger charge is 2.39. The number of nitrogens with zero attached hydrogens (tertiary/aromatic N) is 1. The molecule has 0 saturated heterocycles. The first-order chi connectivity index (χ1) is 14.0. The fourth-order valence-corrected chi connectivity index (χ4v) is 6.70. The van der Waals surface area contributed by atoms with Crippen LogP contribution in [0.2, 0.25) is 0 Å². The quantitative estimate of drug-likeness (QED) is 0.678. The van der Waals surface area contributed by atoms with Crippen LogP contribution in [-0.4, -0.2) is 46.6 Å². The highest BCUT2D eigenvalue weighted by molar-refractivity contribution is 7.89. The maximum atomic E-state index is 13.2. The van der Waals surface area contributed by atoms with Gasteiger partial charge in [0.2, 0.25) is 10.0 Å². The summed E-state index contributed by atoms with van der Waals surface area (Å²) in [6.07, 6.45) is 4.57. The van der Waals surface area contributed by atoms with Crippen LogP contribution in [0, 0.1) is 0 Å². The summed E-state index contributed by atoms with van der Waals surface area (Å²) in [5.41, 5.74) is 1.15. The van der Waals surface area contributed by atoms with Crippen LogP contribution in [0.25, 0.3) is 0 Å². The van der Waals surface area contributed by atoms with Gasteiger partial charge in [-0.3, -0.25) is 0 Å². The molecule has 158 valence electrons. The number of rotatable bonds is 6. The molecular weight excluding hydrogens is 410 g/mol. The maximum Gasteiger partial charge on any atom is 0.243 e. The Kier molecular flexibility index (Phi) is 5.88. The molecule has 0 unspecified atom stereocenters. The van der Waals surface area contributed by atoms with Crippen LogP contribution in [0.1, 0.15) is 48.1 Å². The van der Waals surface area contributed by atoms with Crippen molar-refractivity contribution < 1.29 is 22.6 Å². The molecular formula is C21H27NO5S2. The number of benzene rings is 1. The van der Waals surface area contributed by atoms with Crippen molar-refractivity contribution in [3.05, 3.63) is 40.1 Å². The smallest absolute Gasteiger partial charge is 0.243 e. The van der Waals surface area contributed by atoms with Crippen LogP contribution in [0.5, 0.6) is 11.5 Å². The lowest BCUT2D eigenvalue weighted by Gasteiger charge is -2.40. The Morgan fingerprint density at radius 2 is 1.90 bits per heavy atom. The van der Waals surface area contributed by atoms with Gasteiger partial charge in [0, 0.05) is 30.5 Å². The van der Waals surface area contributed by atoms with E-state index in [9.17, 15) is 8.42 Å². The van der Waals surface area contributed by atoms with Crippen molar-refractivity contribution >= 4 is 21.4 Å². The molecule has 1 fully saturated rings. The van der Waals surface area contributed by atoms with Gasteiger partial charge in [-0.05, 0) is 42.0 Å². The second kappa shape index (κ2) is 8.26. The molecule has 1 aromatic heterocycles. The summed E-state index contributed by atoms with van der Waals surface area (Å²) in [6.45, 7) is 0.281. The van der Waals surface area contributed by atoms with Crippen LogP contribution in [0.4, 0.5) is 0 Å². The molecule has 1 aliphatic heterocycles. The minimum Gasteiger partial charge on any atom is -0.493 e. The molecule has 0 N–H and O–H groups in total. The molecule has 2 aliphatic rings. The molecule has 8 heteroatoms. The third-order valence-corrected chi connectivity index (χ3v) is 8.82. The van der Waals surface area contributed by atoms with Crippen LogP contribution in [0.3, 0.4) is 0 Å². The molecule has 3 atom stereocenters. The Balaban J connectivity index is 1.58. The number of likely N-dealkylation sites (N-methyl/N-ethyl adjacent to an activating group) is 1. The fourth-order valence-electron chi connectivity index (χ4n) is 4.37. The molecule has 0 spiro atoms. The molecule has 1 aromatic carbocycles. The largest absolute Gasteiger partial charge is 0.493 e. The van der Waals surface area contributed by atoms with Crippen molar-refractivity contribution in [2.75, 3.05) is 27.8 Å². The van der Waals surface area contributed by atoms with Gasteiger partial charge >= 0.3 is 0 Å². The Hall–Kier alpha value is -1.61. The number of sulfonamides is 1. The average molecular weight is 438 g/mol. The first kappa shape index (κ1) is 20.7. The number of hydrogen-bond donors (Lipinski definition) is 0. The minimum absolute atomic E-state index is 0.176. The van der Waals surface area contributed by atoms with Crippen molar-refractivity contribution in [1.29, 1.82) is 0 Å². The zero-order valence-electron chi connectivity index (χ0n) is 17.0. The van der Waals surface area contributed by atoms with Crippen LogP contribution >= 0.6 is 11.3 Å². The molecule has 0 amide bonds. The molecule has 2 heterocycles. The van der Waals surface area contributed by atoms with Gasteiger partial charge < -0.3 is 14.2 Å². The maximum absolute atomic E-state index is 13.2. The van der Waals surface area contributed by atoms with E-state index < -0.39 is 10.0 Å².